The van der Waals surface area contributed by atoms with Gasteiger partial charge in [-0.2, -0.15) is 5.10 Å². The minimum Gasteiger partial charge on any atom is -0.391 e. The molecule has 6 nitrogen and oxygen atoms in total. The molecule has 0 radical (unpaired) electrons. The zero-order valence-electron chi connectivity index (χ0n) is 16.0. The first-order valence-electron chi connectivity index (χ1n) is 10.3. The van der Waals surface area contributed by atoms with Crippen LogP contribution in [0, 0.1) is 0 Å². The number of aliphatic hydroxyl groups excluding tert-OH is 1. The van der Waals surface area contributed by atoms with Crippen LogP contribution < -0.4 is 0 Å². The average Bonchev–Trinajstić information content (AvgIpc) is 3.45. The molecule has 0 unspecified atom stereocenters. The highest BCUT2D eigenvalue weighted by Gasteiger charge is 2.26. The van der Waals surface area contributed by atoms with Crippen molar-refractivity contribution in [1.29, 1.82) is 0 Å². The number of aliphatic hydroxyl groups is 1. The number of aromatic nitrogens is 3. The van der Waals surface area contributed by atoms with E-state index in [1.165, 1.54) is 25.7 Å². The standard InChI is InChI=1S/C22H26N4O2/c27-17-8-5-11-24(15-17)22(28)18-14-21(25-12-4-3-9-20(18)25)19-10-13-26(23-19)16-6-1-2-7-16/h3-4,9-10,12-14,16-17,27H,1-2,5-8,11,15H2/t17-/m1/s1. The van der Waals surface area contributed by atoms with Crippen LogP contribution in [0.5, 0.6) is 0 Å². The third kappa shape index (κ3) is 3.02. The van der Waals surface area contributed by atoms with Gasteiger partial charge >= 0.3 is 0 Å². The molecule has 0 bridgehead atoms. The first-order chi connectivity index (χ1) is 13.7. The van der Waals surface area contributed by atoms with Crippen molar-refractivity contribution in [1.82, 2.24) is 19.1 Å². The van der Waals surface area contributed by atoms with Gasteiger partial charge in [-0.05, 0) is 49.9 Å². The molecule has 1 aliphatic heterocycles. The molecule has 4 heterocycles. The second kappa shape index (κ2) is 7.09. The number of hydrogen-bond donors (Lipinski definition) is 1. The van der Waals surface area contributed by atoms with Gasteiger partial charge in [0.2, 0.25) is 0 Å². The quantitative estimate of drug-likeness (QED) is 0.759. The van der Waals surface area contributed by atoms with E-state index in [0.717, 1.165) is 29.7 Å². The Kier molecular flexibility index (Phi) is 4.43. The Morgan fingerprint density at radius 2 is 1.93 bits per heavy atom. The summed E-state index contributed by atoms with van der Waals surface area (Å²) >= 11 is 0. The molecule has 1 N–H and O–H groups in total. The van der Waals surface area contributed by atoms with Crippen LogP contribution in [0.15, 0.2) is 42.7 Å². The van der Waals surface area contributed by atoms with Crippen LogP contribution >= 0.6 is 0 Å². The molecule has 2 aliphatic rings. The zero-order valence-corrected chi connectivity index (χ0v) is 16.0. The van der Waals surface area contributed by atoms with Crippen LogP contribution in [0.1, 0.15) is 54.9 Å². The molecule has 6 heteroatoms. The molecular formula is C22H26N4O2. The molecule has 0 aromatic carbocycles. The maximum Gasteiger partial charge on any atom is 0.256 e. The minimum absolute atomic E-state index is 0.0103. The molecule has 1 saturated carbocycles. The molecule has 0 spiro atoms. The van der Waals surface area contributed by atoms with E-state index in [1.54, 1.807) is 4.90 Å². The van der Waals surface area contributed by atoms with Gasteiger partial charge in [-0.3, -0.25) is 9.48 Å². The molecule has 1 atom stereocenters. The molecular weight excluding hydrogens is 352 g/mol. The monoisotopic (exact) mass is 378 g/mol. The molecule has 146 valence electrons. The van der Waals surface area contributed by atoms with Crippen molar-refractivity contribution < 1.29 is 9.90 Å². The lowest BCUT2D eigenvalue weighted by molar-refractivity contribution is 0.0475. The highest BCUT2D eigenvalue weighted by Crippen LogP contribution is 2.31. The van der Waals surface area contributed by atoms with Crippen molar-refractivity contribution in [2.24, 2.45) is 0 Å². The zero-order chi connectivity index (χ0) is 19.1. The second-order valence-electron chi connectivity index (χ2n) is 8.07. The summed E-state index contributed by atoms with van der Waals surface area (Å²) in [6.07, 6.45) is 10.2. The Labute approximate surface area is 164 Å². The summed E-state index contributed by atoms with van der Waals surface area (Å²) in [6.45, 7) is 1.11. The lowest BCUT2D eigenvalue weighted by Crippen LogP contribution is -2.42. The number of amides is 1. The van der Waals surface area contributed by atoms with E-state index in [9.17, 15) is 9.90 Å². The van der Waals surface area contributed by atoms with Crippen LogP contribution in [0.2, 0.25) is 0 Å². The molecule has 3 aromatic rings. The third-order valence-electron chi connectivity index (χ3n) is 6.16. The van der Waals surface area contributed by atoms with Gasteiger partial charge in [0.05, 0.1) is 28.9 Å². The SMILES string of the molecule is O=C(c1cc(-c2ccn(C3CCCC3)n2)n2ccccc12)N1CCC[C@@H](O)C1. The first-order valence-corrected chi connectivity index (χ1v) is 10.3. The highest BCUT2D eigenvalue weighted by molar-refractivity contribution is 6.02. The Morgan fingerprint density at radius 1 is 1.07 bits per heavy atom. The van der Waals surface area contributed by atoms with Crippen LogP contribution in [0.4, 0.5) is 0 Å². The Hall–Kier alpha value is -2.60. The predicted molar refractivity (Wildman–Crippen MR) is 107 cm³/mol. The summed E-state index contributed by atoms with van der Waals surface area (Å²) in [5, 5.41) is 14.8. The van der Waals surface area contributed by atoms with E-state index < -0.39 is 6.10 Å². The minimum atomic E-state index is -0.423. The van der Waals surface area contributed by atoms with Gasteiger partial charge in [0.25, 0.3) is 5.91 Å². The third-order valence-corrected chi connectivity index (χ3v) is 6.16. The van der Waals surface area contributed by atoms with Gasteiger partial charge in [-0.15, -0.1) is 0 Å². The number of pyridine rings is 1. The maximum atomic E-state index is 13.2. The fraction of sp³-hybridized carbons (Fsp3) is 0.455. The summed E-state index contributed by atoms with van der Waals surface area (Å²) in [5.41, 5.74) is 3.40. The molecule has 1 aliphatic carbocycles. The van der Waals surface area contributed by atoms with E-state index in [2.05, 4.69) is 15.3 Å². The smallest absolute Gasteiger partial charge is 0.256 e. The first kappa shape index (κ1) is 17.5. The summed E-state index contributed by atoms with van der Waals surface area (Å²) in [5.74, 6) is -0.0103. The van der Waals surface area contributed by atoms with E-state index in [1.807, 2.05) is 36.5 Å². The van der Waals surface area contributed by atoms with E-state index >= 15 is 0 Å². The van der Waals surface area contributed by atoms with Gasteiger partial charge in [-0.1, -0.05) is 18.9 Å². The summed E-state index contributed by atoms with van der Waals surface area (Å²) < 4.78 is 4.14. The highest BCUT2D eigenvalue weighted by atomic mass is 16.3. The average molecular weight is 378 g/mol. The van der Waals surface area contributed by atoms with Crippen molar-refractivity contribution in [3.63, 3.8) is 0 Å². The molecule has 2 fully saturated rings. The number of hydrogen-bond acceptors (Lipinski definition) is 3. The number of nitrogens with zero attached hydrogens (tertiary/aromatic N) is 4. The molecule has 1 amide bonds. The van der Waals surface area contributed by atoms with Gasteiger partial charge < -0.3 is 14.4 Å². The van der Waals surface area contributed by atoms with Gasteiger partial charge in [-0.25, -0.2) is 0 Å². The van der Waals surface area contributed by atoms with Gasteiger partial charge in [0.15, 0.2) is 0 Å². The van der Waals surface area contributed by atoms with Crippen LogP contribution in [0.3, 0.4) is 0 Å². The normalized spacial score (nSPS) is 20.9. The lowest BCUT2D eigenvalue weighted by Gasteiger charge is -2.30. The number of carbonyl (C=O) groups is 1. The Morgan fingerprint density at radius 3 is 2.75 bits per heavy atom. The van der Waals surface area contributed by atoms with E-state index in [0.29, 0.717) is 24.7 Å². The van der Waals surface area contributed by atoms with Crippen molar-refractivity contribution in [2.45, 2.75) is 50.7 Å². The number of fused-ring (bicyclic) bond motifs is 1. The summed E-state index contributed by atoms with van der Waals surface area (Å²) in [4.78, 5) is 15.0. The fourth-order valence-electron chi connectivity index (χ4n) is 4.68. The predicted octanol–water partition coefficient (Wildman–Crippen LogP) is 3.51. The number of likely N-dealkylation sites (tertiary alicyclic amines) is 1. The van der Waals surface area contributed by atoms with E-state index in [-0.39, 0.29) is 5.91 Å². The van der Waals surface area contributed by atoms with Gasteiger partial charge in [0, 0.05) is 25.5 Å². The van der Waals surface area contributed by atoms with Crippen molar-refractivity contribution in [3.05, 3.63) is 48.3 Å². The number of carbonyl (C=O) groups excluding carboxylic acids is 1. The number of rotatable bonds is 3. The topological polar surface area (TPSA) is 62.8 Å². The second-order valence-corrected chi connectivity index (χ2v) is 8.07. The maximum absolute atomic E-state index is 13.2. The van der Waals surface area contributed by atoms with Crippen molar-refractivity contribution in [2.75, 3.05) is 13.1 Å². The van der Waals surface area contributed by atoms with Crippen molar-refractivity contribution in [3.8, 4) is 11.4 Å². The summed E-state index contributed by atoms with van der Waals surface area (Å²) in [7, 11) is 0. The van der Waals surface area contributed by atoms with Crippen LogP contribution in [-0.2, 0) is 0 Å². The largest absolute Gasteiger partial charge is 0.391 e. The van der Waals surface area contributed by atoms with Crippen molar-refractivity contribution >= 4 is 11.4 Å². The molecule has 5 rings (SSSR count). The molecule has 3 aromatic heterocycles. The summed E-state index contributed by atoms with van der Waals surface area (Å²) in [6, 6.07) is 10.4. The Balaban J connectivity index is 1.53. The van der Waals surface area contributed by atoms with Crippen LogP contribution in [-0.4, -0.2) is 49.3 Å². The van der Waals surface area contributed by atoms with Gasteiger partial charge in [0.1, 0.15) is 5.69 Å². The van der Waals surface area contributed by atoms with E-state index in [4.69, 9.17) is 5.10 Å². The lowest BCUT2D eigenvalue weighted by atomic mass is 10.1. The fourth-order valence-corrected chi connectivity index (χ4v) is 4.68. The number of piperidine rings is 1. The Bertz CT molecular complexity index is 999. The molecule has 1 saturated heterocycles. The number of β-amino-alcohol motifs (C(OH)–C–C–N with tert-alkyl or cyclic N) is 1. The molecule has 28 heavy (non-hydrogen) atoms. The van der Waals surface area contributed by atoms with Crippen LogP contribution in [0.25, 0.3) is 16.9 Å².